The highest BCUT2D eigenvalue weighted by atomic mass is 35.5. The van der Waals surface area contributed by atoms with Gasteiger partial charge in [0.05, 0.1) is 10.5 Å². The number of carbonyl (C=O) groups is 1. The van der Waals surface area contributed by atoms with E-state index in [1.165, 1.54) is 6.07 Å². The number of rotatable bonds is 3. The largest absolute Gasteiger partial charge is 0.311 e. The van der Waals surface area contributed by atoms with Gasteiger partial charge in [-0.1, -0.05) is 29.3 Å². The van der Waals surface area contributed by atoms with Crippen LogP contribution in [0.15, 0.2) is 53.3 Å². The van der Waals surface area contributed by atoms with Crippen molar-refractivity contribution < 1.29 is 4.79 Å². The molecule has 0 saturated heterocycles. The van der Waals surface area contributed by atoms with E-state index in [1.54, 1.807) is 34.7 Å². The molecule has 3 aromatic rings. The molecule has 0 radical (unpaired) electrons. The Labute approximate surface area is 151 Å². The van der Waals surface area contributed by atoms with Crippen LogP contribution in [0.4, 0.5) is 5.69 Å². The summed E-state index contributed by atoms with van der Waals surface area (Å²) < 4.78 is 1.64. The van der Waals surface area contributed by atoms with Gasteiger partial charge in [-0.3, -0.25) is 9.59 Å². The predicted octanol–water partition coefficient (Wildman–Crippen LogP) is 4.26. The van der Waals surface area contributed by atoms with Crippen LogP contribution in [-0.4, -0.2) is 17.5 Å². The van der Waals surface area contributed by atoms with E-state index in [2.05, 4.69) is 0 Å². The molecular weight excluding hydrogens is 336 g/mol. The van der Waals surface area contributed by atoms with E-state index >= 15 is 0 Å². The molecule has 0 N–H and O–H groups in total. The number of nitrogens with zero attached hydrogens (tertiary/aromatic N) is 2. The first kappa shape index (κ1) is 17.2. The molecule has 1 amide bonds. The Morgan fingerprint density at radius 1 is 1.12 bits per heavy atom. The first-order chi connectivity index (χ1) is 11.9. The second-order valence-electron chi connectivity index (χ2n) is 6.01. The zero-order valence-electron chi connectivity index (χ0n) is 14.4. The van der Waals surface area contributed by atoms with Crippen molar-refractivity contribution in [2.75, 3.05) is 11.9 Å². The van der Waals surface area contributed by atoms with Crippen molar-refractivity contribution in [1.82, 2.24) is 4.57 Å². The third kappa shape index (κ3) is 3.17. The molecular formula is C20H19ClN2O2. The summed E-state index contributed by atoms with van der Waals surface area (Å²) in [7, 11) is 1.74. The first-order valence-corrected chi connectivity index (χ1v) is 8.48. The van der Waals surface area contributed by atoms with Crippen LogP contribution in [0, 0.1) is 6.92 Å². The lowest BCUT2D eigenvalue weighted by Gasteiger charge is -2.18. The molecule has 4 nitrogen and oxygen atoms in total. The molecule has 3 rings (SSSR count). The maximum absolute atomic E-state index is 12.8. The molecule has 5 heteroatoms. The number of halogens is 1. The predicted molar refractivity (Wildman–Crippen MR) is 103 cm³/mol. The van der Waals surface area contributed by atoms with Crippen molar-refractivity contribution in [2.45, 2.75) is 20.4 Å². The molecule has 0 unspecified atom stereocenters. The summed E-state index contributed by atoms with van der Waals surface area (Å²) in [5.74, 6) is -0.129. The minimum absolute atomic E-state index is 0.129. The van der Waals surface area contributed by atoms with Gasteiger partial charge in [0.25, 0.3) is 11.5 Å². The van der Waals surface area contributed by atoms with E-state index in [4.69, 9.17) is 11.6 Å². The average Bonchev–Trinajstić information content (AvgIpc) is 2.61. The number of benzene rings is 2. The van der Waals surface area contributed by atoms with Gasteiger partial charge in [0.1, 0.15) is 0 Å². The van der Waals surface area contributed by atoms with Gasteiger partial charge in [-0.05, 0) is 44.2 Å². The van der Waals surface area contributed by atoms with E-state index in [9.17, 15) is 9.59 Å². The SMILES string of the molecule is CCn1c(=O)cc(Cl)c2cc(C(=O)N(C)c3ccc(C)cc3)ccc21. The number of hydrogen-bond acceptors (Lipinski definition) is 2. The number of anilines is 1. The van der Waals surface area contributed by atoms with Crippen molar-refractivity contribution in [3.8, 4) is 0 Å². The zero-order chi connectivity index (χ0) is 18.1. The summed E-state index contributed by atoms with van der Waals surface area (Å²) in [4.78, 5) is 26.5. The number of pyridine rings is 1. The fourth-order valence-corrected chi connectivity index (χ4v) is 3.13. The molecule has 2 aromatic carbocycles. The highest BCUT2D eigenvalue weighted by molar-refractivity contribution is 6.35. The summed E-state index contributed by atoms with van der Waals surface area (Å²) in [6.45, 7) is 4.45. The standard InChI is InChI=1S/C20H19ClN2O2/c1-4-23-18-10-7-14(11-16(18)17(21)12-19(23)24)20(25)22(3)15-8-5-13(2)6-9-15/h5-12H,4H2,1-3H3. The second kappa shape index (κ2) is 6.73. The lowest BCUT2D eigenvalue weighted by molar-refractivity contribution is 0.0993. The van der Waals surface area contributed by atoms with Crippen LogP contribution in [0.5, 0.6) is 0 Å². The van der Waals surface area contributed by atoms with Crippen LogP contribution in [0.2, 0.25) is 5.02 Å². The normalized spacial score (nSPS) is 10.9. The van der Waals surface area contributed by atoms with Crippen molar-refractivity contribution in [2.24, 2.45) is 0 Å². The van der Waals surface area contributed by atoms with Crippen molar-refractivity contribution in [1.29, 1.82) is 0 Å². The molecule has 1 heterocycles. The van der Waals surface area contributed by atoms with E-state index in [0.717, 1.165) is 16.8 Å². The van der Waals surface area contributed by atoms with Crippen molar-refractivity contribution in [3.05, 3.63) is 75.0 Å². The maximum Gasteiger partial charge on any atom is 0.258 e. The summed E-state index contributed by atoms with van der Waals surface area (Å²) in [5, 5.41) is 1.06. The van der Waals surface area contributed by atoms with Gasteiger partial charge in [0.2, 0.25) is 0 Å². The van der Waals surface area contributed by atoms with Crippen molar-refractivity contribution in [3.63, 3.8) is 0 Å². The number of hydrogen-bond donors (Lipinski definition) is 0. The monoisotopic (exact) mass is 354 g/mol. The Morgan fingerprint density at radius 2 is 1.80 bits per heavy atom. The summed E-state index contributed by atoms with van der Waals surface area (Å²) in [5.41, 5.74) is 3.07. The van der Waals surface area contributed by atoms with Crippen LogP contribution in [-0.2, 0) is 6.54 Å². The van der Waals surface area contributed by atoms with Crippen LogP contribution in [0.25, 0.3) is 10.9 Å². The topological polar surface area (TPSA) is 42.3 Å². The van der Waals surface area contributed by atoms with E-state index in [1.807, 2.05) is 38.1 Å². The van der Waals surface area contributed by atoms with Crippen LogP contribution in [0.3, 0.4) is 0 Å². The van der Waals surface area contributed by atoms with E-state index in [-0.39, 0.29) is 11.5 Å². The smallest absolute Gasteiger partial charge is 0.258 e. The number of aryl methyl sites for hydroxylation is 2. The Kier molecular flexibility index (Phi) is 4.64. The molecule has 0 saturated carbocycles. The summed E-state index contributed by atoms with van der Waals surface area (Å²) in [6.07, 6.45) is 0. The average molecular weight is 355 g/mol. The number of fused-ring (bicyclic) bond motifs is 1. The van der Waals surface area contributed by atoms with Crippen molar-refractivity contribution >= 4 is 34.1 Å². The zero-order valence-corrected chi connectivity index (χ0v) is 15.2. The van der Waals surface area contributed by atoms with Gasteiger partial charge < -0.3 is 9.47 Å². The fraction of sp³-hybridized carbons (Fsp3) is 0.200. The van der Waals surface area contributed by atoms with E-state index in [0.29, 0.717) is 22.5 Å². The van der Waals surface area contributed by atoms with Gasteiger partial charge in [0.15, 0.2) is 0 Å². The minimum Gasteiger partial charge on any atom is -0.311 e. The lowest BCUT2D eigenvalue weighted by atomic mass is 10.1. The third-order valence-corrected chi connectivity index (χ3v) is 4.66. The van der Waals surface area contributed by atoms with Gasteiger partial charge in [-0.2, -0.15) is 0 Å². The quantitative estimate of drug-likeness (QED) is 0.705. The minimum atomic E-state index is -0.143. The third-order valence-electron chi connectivity index (χ3n) is 4.35. The van der Waals surface area contributed by atoms with Crippen LogP contribution >= 0.6 is 11.6 Å². The summed E-state index contributed by atoms with van der Waals surface area (Å²) >= 11 is 6.24. The highest BCUT2D eigenvalue weighted by Crippen LogP contribution is 2.24. The Morgan fingerprint density at radius 3 is 2.44 bits per heavy atom. The molecule has 0 fully saturated rings. The summed E-state index contributed by atoms with van der Waals surface area (Å²) in [6, 6.07) is 14.4. The Hall–Kier alpha value is -2.59. The molecule has 0 aliphatic carbocycles. The fourth-order valence-electron chi connectivity index (χ4n) is 2.88. The Balaban J connectivity index is 2.05. The molecule has 0 aliphatic rings. The molecule has 128 valence electrons. The molecule has 0 atom stereocenters. The van der Waals surface area contributed by atoms with Gasteiger partial charge >= 0.3 is 0 Å². The molecule has 25 heavy (non-hydrogen) atoms. The molecule has 0 bridgehead atoms. The van der Waals surface area contributed by atoms with Gasteiger partial charge in [-0.25, -0.2) is 0 Å². The number of amides is 1. The van der Waals surface area contributed by atoms with Gasteiger partial charge in [-0.15, -0.1) is 0 Å². The van der Waals surface area contributed by atoms with E-state index < -0.39 is 0 Å². The van der Waals surface area contributed by atoms with Crippen LogP contribution in [0.1, 0.15) is 22.8 Å². The number of carbonyl (C=O) groups excluding carboxylic acids is 1. The lowest BCUT2D eigenvalue weighted by Crippen LogP contribution is -2.26. The molecule has 0 aliphatic heterocycles. The first-order valence-electron chi connectivity index (χ1n) is 8.10. The second-order valence-corrected chi connectivity index (χ2v) is 6.41. The number of aromatic nitrogens is 1. The Bertz CT molecular complexity index is 1010. The highest BCUT2D eigenvalue weighted by Gasteiger charge is 2.16. The molecule has 1 aromatic heterocycles. The maximum atomic E-state index is 12.8. The van der Waals surface area contributed by atoms with Gasteiger partial charge in [0, 0.05) is 36.3 Å². The molecule has 0 spiro atoms. The van der Waals surface area contributed by atoms with Crippen LogP contribution < -0.4 is 10.5 Å².